The van der Waals surface area contributed by atoms with Gasteiger partial charge < -0.3 is 10.6 Å². The molecule has 1 spiro atoms. The average molecular weight is 195 g/mol. The van der Waals surface area contributed by atoms with Crippen LogP contribution >= 0.6 is 0 Å². The largest absolute Gasteiger partial charge is 0.387 e. The second-order valence-corrected chi connectivity index (χ2v) is 5.20. The minimum absolute atomic E-state index is 0.227. The Balaban J connectivity index is 1.81. The molecule has 1 aliphatic heterocycles. The molecule has 3 heteroatoms. The first-order valence-electron chi connectivity index (χ1n) is 5.68. The summed E-state index contributed by atoms with van der Waals surface area (Å²) in [7, 11) is 0. The topological polar surface area (TPSA) is 53.1 Å². The van der Waals surface area contributed by atoms with Gasteiger partial charge in [-0.15, -0.1) is 0 Å². The molecule has 1 saturated heterocycles. The van der Waals surface area contributed by atoms with Crippen LogP contribution in [0.4, 0.5) is 0 Å². The Kier molecular flexibility index (Phi) is 2.52. The molecule has 2 aliphatic rings. The summed E-state index contributed by atoms with van der Waals surface area (Å²) < 4.78 is 0. The highest BCUT2D eigenvalue weighted by molar-refractivity contribution is 5.79. The van der Waals surface area contributed by atoms with Crippen LogP contribution in [-0.4, -0.2) is 30.4 Å². The Bertz CT molecular complexity index is 233. The third-order valence-corrected chi connectivity index (χ3v) is 3.99. The van der Waals surface area contributed by atoms with E-state index in [0.717, 1.165) is 6.54 Å². The molecule has 0 aromatic carbocycles. The summed E-state index contributed by atoms with van der Waals surface area (Å²) >= 11 is 0. The molecular weight excluding hydrogens is 174 g/mol. The van der Waals surface area contributed by atoms with Crippen molar-refractivity contribution in [3.8, 4) is 0 Å². The molecule has 2 rings (SSSR count). The van der Waals surface area contributed by atoms with Crippen LogP contribution in [0.5, 0.6) is 0 Å². The first-order valence-corrected chi connectivity index (χ1v) is 5.68. The van der Waals surface area contributed by atoms with Crippen molar-refractivity contribution in [1.82, 2.24) is 4.90 Å². The van der Waals surface area contributed by atoms with E-state index < -0.39 is 0 Å². The van der Waals surface area contributed by atoms with Gasteiger partial charge in [0.05, 0.1) is 5.84 Å². The molecule has 2 fully saturated rings. The predicted molar refractivity (Wildman–Crippen MR) is 58.4 cm³/mol. The lowest BCUT2D eigenvalue weighted by atomic mass is 9.68. The molecule has 1 aliphatic carbocycles. The fraction of sp³-hybridized carbons (Fsp3) is 0.909. The third-order valence-electron chi connectivity index (χ3n) is 3.99. The second-order valence-electron chi connectivity index (χ2n) is 5.20. The number of nitrogens with two attached hydrogens (primary N) is 1. The van der Waals surface area contributed by atoms with Gasteiger partial charge in [0.25, 0.3) is 0 Å². The van der Waals surface area contributed by atoms with E-state index in [-0.39, 0.29) is 5.92 Å². The molecular formula is C11H21N3. The van der Waals surface area contributed by atoms with Crippen LogP contribution in [0.2, 0.25) is 0 Å². The molecule has 1 atom stereocenters. The summed E-state index contributed by atoms with van der Waals surface area (Å²) in [6, 6.07) is 0. The summed E-state index contributed by atoms with van der Waals surface area (Å²) in [6.45, 7) is 5.51. The highest BCUT2D eigenvalue weighted by Gasteiger charge is 2.42. The van der Waals surface area contributed by atoms with Gasteiger partial charge in [-0.05, 0) is 31.2 Å². The van der Waals surface area contributed by atoms with Gasteiger partial charge in [-0.2, -0.15) is 0 Å². The Morgan fingerprint density at radius 3 is 2.64 bits per heavy atom. The van der Waals surface area contributed by atoms with Crippen LogP contribution in [0.15, 0.2) is 0 Å². The van der Waals surface area contributed by atoms with Gasteiger partial charge in [0.2, 0.25) is 0 Å². The van der Waals surface area contributed by atoms with E-state index in [4.69, 9.17) is 11.1 Å². The zero-order valence-electron chi connectivity index (χ0n) is 9.05. The SMILES string of the molecule is CC(CN1CCC2(CCC2)C1)C(=N)N. The van der Waals surface area contributed by atoms with Crippen LogP contribution < -0.4 is 5.73 Å². The second kappa shape index (κ2) is 3.54. The number of nitrogens with one attached hydrogen (secondary N) is 1. The number of likely N-dealkylation sites (tertiary alicyclic amines) is 1. The van der Waals surface area contributed by atoms with Crippen LogP contribution in [0.1, 0.15) is 32.6 Å². The summed E-state index contributed by atoms with van der Waals surface area (Å²) in [5.74, 6) is 0.560. The van der Waals surface area contributed by atoms with Crippen molar-refractivity contribution in [2.75, 3.05) is 19.6 Å². The quantitative estimate of drug-likeness (QED) is 0.529. The maximum Gasteiger partial charge on any atom is 0.0947 e. The molecule has 14 heavy (non-hydrogen) atoms. The van der Waals surface area contributed by atoms with Crippen molar-refractivity contribution in [1.29, 1.82) is 5.41 Å². The molecule has 0 amide bonds. The monoisotopic (exact) mass is 195 g/mol. The number of hydrogen-bond acceptors (Lipinski definition) is 2. The number of hydrogen-bond donors (Lipinski definition) is 2. The molecule has 80 valence electrons. The summed E-state index contributed by atoms with van der Waals surface area (Å²) in [6.07, 6.45) is 5.66. The molecule has 0 bridgehead atoms. The molecule has 1 saturated carbocycles. The van der Waals surface area contributed by atoms with Crippen LogP contribution in [-0.2, 0) is 0 Å². The van der Waals surface area contributed by atoms with E-state index in [9.17, 15) is 0 Å². The first kappa shape index (κ1) is 9.97. The molecule has 0 aromatic heterocycles. The van der Waals surface area contributed by atoms with E-state index in [1.807, 2.05) is 6.92 Å². The maximum atomic E-state index is 7.37. The highest BCUT2D eigenvalue weighted by Crippen LogP contribution is 2.47. The lowest BCUT2D eigenvalue weighted by Gasteiger charge is -2.38. The van der Waals surface area contributed by atoms with Gasteiger partial charge in [0.15, 0.2) is 0 Å². The standard InChI is InChI=1S/C11H21N3/c1-9(10(12)13)7-14-6-5-11(8-14)3-2-4-11/h9H,2-8H2,1H3,(H3,12,13). The summed E-state index contributed by atoms with van der Waals surface area (Å²) in [4.78, 5) is 2.49. The minimum atomic E-state index is 0.227. The van der Waals surface area contributed by atoms with Crippen LogP contribution in [0, 0.1) is 16.7 Å². The minimum Gasteiger partial charge on any atom is -0.387 e. The van der Waals surface area contributed by atoms with Crippen molar-refractivity contribution in [2.24, 2.45) is 17.1 Å². The smallest absolute Gasteiger partial charge is 0.0947 e. The molecule has 0 aromatic rings. The van der Waals surface area contributed by atoms with E-state index in [2.05, 4.69) is 4.90 Å². The van der Waals surface area contributed by atoms with Crippen molar-refractivity contribution in [3.63, 3.8) is 0 Å². The molecule has 3 N–H and O–H groups in total. The lowest BCUT2D eigenvalue weighted by molar-refractivity contribution is 0.137. The highest BCUT2D eigenvalue weighted by atomic mass is 15.2. The fourth-order valence-electron chi connectivity index (χ4n) is 2.75. The predicted octanol–water partition coefficient (Wildman–Crippen LogP) is 1.43. The maximum absolute atomic E-state index is 7.37. The lowest BCUT2D eigenvalue weighted by Crippen LogP contribution is -2.37. The van der Waals surface area contributed by atoms with Crippen LogP contribution in [0.25, 0.3) is 0 Å². The first-order chi connectivity index (χ1) is 6.61. The van der Waals surface area contributed by atoms with Crippen LogP contribution in [0.3, 0.4) is 0 Å². The number of rotatable bonds is 3. The zero-order chi connectivity index (χ0) is 10.2. The van der Waals surface area contributed by atoms with Gasteiger partial charge >= 0.3 is 0 Å². The third kappa shape index (κ3) is 1.78. The van der Waals surface area contributed by atoms with Gasteiger partial charge in [-0.25, -0.2) is 0 Å². The number of amidine groups is 1. The molecule has 1 unspecified atom stereocenters. The van der Waals surface area contributed by atoms with Gasteiger partial charge in [-0.3, -0.25) is 5.41 Å². The average Bonchev–Trinajstić information content (AvgIpc) is 2.47. The van der Waals surface area contributed by atoms with E-state index >= 15 is 0 Å². The Morgan fingerprint density at radius 1 is 1.50 bits per heavy atom. The Labute approximate surface area is 86.2 Å². The van der Waals surface area contributed by atoms with Crippen molar-refractivity contribution in [3.05, 3.63) is 0 Å². The fourth-order valence-corrected chi connectivity index (χ4v) is 2.75. The molecule has 1 heterocycles. The van der Waals surface area contributed by atoms with Gasteiger partial charge in [-0.1, -0.05) is 13.3 Å². The Hall–Kier alpha value is -0.570. The van der Waals surface area contributed by atoms with E-state index in [1.165, 1.54) is 38.8 Å². The summed E-state index contributed by atoms with van der Waals surface area (Å²) in [5, 5.41) is 7.37. The van der Waals surface area contributed by atoms with Crippen molar-refractivity contribution >= 4 is 5.84 Å². The van der Waals surface area contributed by atoms with Crippen molar-refractivity contribution < 1.29 is 0 Å². The van der Waals surface area contributed by atoms with Crippen molar-refractivity contribution in [2.45, 2.75) is 32.6 Å². The van der Waals surface area contributed by atoms with E-state index in [0.29, 0.717) is 11.3 Å². The molecule has 0 radical (unpaired) electrons. The summed E-state index contributed by atoms with van der Waals surface area (Å²) in [5.41, 5.74) is 6.16. The zero-order valence-corrected chi connectivity index (χ0v) is 9.05. The molecule has 3 nitrogen and oxygen atoms in total. The Morgan fingerprint density at radius 2 is 2.21 bits per heavy atom. The van der Waals surface area contributed by atoms with Gasteiger partial charge in [0.1, 0.15) is 0 Å². The van der Waals surface area contributed by atoms with E-state index in [1.54, 1.807) is 0 Å². The van der Waals surface area contributed by atoms with Gasteiger partial charge in [0, 0.05) is 19.0 Å². The number of nitrogens with zero attached hydrogens (tertiary/aromatic N) is 1. The normalized spacial score (nSPS) is 27.5.